The first-order valence-corrected chi connectivity index (χ1v) is 5.79. The molecule has 3 N–H and O–H groups in total. The zero-order valence-corrected chi connectivity index (χ0v) is 10.6. The van der Waals surface area contributed by atoms with Gasteiger partial charge in [0.05, 0.1) is 19.8 Å². The van der Waals surface area contributed by atoms with E-state index in [1.165, 1.54) is 0 Å². The molecule has 0 aliphatic rings. The Morgan fingerprint density at radius 1 is 1.35 bits per heavy atom. The topological polar surface area (TPSA) is 61.7 Å². The quantitative estimate of drug-likeness (QED) is 0.705. The van der Waals surface area contributed by atoms with Crippen LogP contribution in [-0.2, 0) is 0 Å². The Kier molecular flexibility index (Phi) is 5.25. The van der Waals surface area contributed by atoms with Crippen LogP contribution in [0, 0.1) is 0 Å². The van der Waals surface area contributed by atoms with Crippen molar-refractivity contribution >= 4 is 5.69 Å². The maximum atomic E-state index is 9.26. The van der Waals surface area contributed by atoms with E-state index in [0.717, 1.165) is 17.0 Å². The van der Waals surface area contributed by atoms with Gasteiger partial charge in [-0.2, -0.15) is 0 Å². The molecule has 0 aromatic heterocycles. The number of rotatable bonds is 6. The van der Waals surface area contributed by atoms with Crippen molar-refractivity contribution in [3.63, 3.8) is 0 Å². The number of aliphatic hydroxyl groups excluding tert-OH is 2. The van der Waals surface area contributed by atoms with Crippen LogP contribution in [0.2, 0.25) is 0 Å². The fraction of sp³-hybridized carbons (Fsp3) is 0.538. The van der Waals surface area contributed by atoms with Gasteiger partial charge in [0.15, 0.2) is 0 Å². The Balaban J connectivity index is 2.78. The molecule has 0 radical (unpaired) electrons. The van der Waals surface area contributed by atoms with Gasteiger partial charge in [0, 0.05) is 12.2 Å². The predicted octanol–water partition coefficient (Wildman–Crippen LogP) is 1.58. The van der Waals surface area contributed by atoms with Gasteiger partial charge in [-0.15, -0.1) is 0 Å². The molecule has 0 heterocycles. The largest absolute Gasteiger partial charge is 0.496 e. The molecule has 96 valence electrons. The summed E-state index contributed by atoms with van der Waals surface area (Å²) in [6, 6.07) is 5.81. The van der Waals surface area contributed by atoms with E-state index in [1.807, 2.05) is 18.2 Å². The summed E-state index contributed by atoms with van der Waals surface area (Å²) in [6.45, 7) is 4.30. The van der Waals surface area contributed by atoms with Crippen LogP contribution in [0.15, 0.2) is 18.2 Å². The zero-order chi connectivity index (χ0) is 12.8. The lowest BCUT2D eigenvalue weighted by atomic mass is 10.0. The minimum atomic E-state index is -0.736. The van der Waals surface area contributed by atoms with Crippen LogP contribution in [0.1, 0.15) is 25.3 Å². The summed E-state index contributed by atoms with van der Waals surface area (Å²) in [5.74, 6) is 1.24. The molecule has 0 spiro atoms. The minimum Gasteiger partial charge on any atom is -0.496 e. The van der Waals surface area contributed by atoms with E-state index >= 15 is 0 Å². The van der Waals surface area contributed by atoms with Gasteiger partial charge in [-0.3, -0.25) is 0 Å². The minimum absolute atomic E-state index is 0.236. The highest BCUT2D eigenvalue weighted by atomic mass is 16.5. The van der Waals surface area contributed by atoms with Crippen molar-refractivity contribution in [1.82, 2.24) is 0 Å². The lowest BCUT2D eigenvalue weighted by molar-refractivity contribution is 0.105. The molecular weight excluding hydrogens is 218 g/mol. The van der Waals surface area contributed by atoms with E-state index in [4.69, 9.17) is 9.84 Å². The van der Waals surface area contributed by atoms with Crippen molar-refractivity contribution in [2.75, 3.05) is 25.6 Å². The molecule has 1 atom stereocenters. The number of anilines is 1. The molecule has 1 aromatic carbocycles. The first-order valence-electron chi connectivity index (χ1n) is 5.79. The Morgan fingerprint density at radius 3 is 2.59 bits per heavy atom. The standard InChI is InChI=1S/C13H21NO3/c1-9(2)12-6-10(4-5-13(12)17-3)14-7-11(16)8-15/h4-6,9,11,14-16H,7-8H2,1-3H3. The maximum Gasteiger partial charge on any atom is 0.122 e. The van der Waals surface area contributed by atoms with Crippen LogP contribution in [0.3, 0.4) is 0 Å². The van der Waals surface area contributed by atoms with Gasteiger partial charge in [-0.1, -0.05) is 13.8 Å². The summed E-state index contributed by atoms with van der Waals surface area (Å²) in [4.78, 5) is 0. The van der Waals surface area contributed by atoms with Gasteiger partial charge in [0.25, 0.3) is 0 Å². The third kappa shape index (κ3) is 3.91. The van der Waals surface area contributed by atoms with Crippen molar-refractivity contribution in [2.24, 2.45) is 0 Å². The lowest BCUT2D eigenvalue weighted by Gasteiger charge is -2.15. The Morgan fingerprint density at radius 2 is 2.06 bits per heavy atom. The normalized spacial score (nSPS) is 12.6. The van der Waals surface area contributed by atoms with Crippen LogP contribution < -0.4 is 10.1 Å². The molecule has 17 heavy (non-hydrogen) atoms. The van der Waals surface area contributed by atoms with Crippen LogP contribution in [-0.4, -0.2) is 36.6 Å². The highest BCUT2D eigenvalue weighted by Crippen LogP contribution is 2.29. The molecule has 1 unspecified atom stereocenters. The van der Waals surface area contributed by atoms with Crippen molar-refractivity contribution in [2.45, 2.75) is 25.9 Å². The van der Waals surface area contributed by atoms with Gasteiger partial charge in [0.2, 0.25) is 0 Å². The van der Waals surface area contributed by atoms with Crippen LogP contribution in [0.5, 0.6) is 5.75 Å². The van der Waals surface area contributed by atoms with Crippen molar-refractivity contribution in [1.29, 1.82) is 0 Å². The van der Waals surface area contributed by atoms with Crippen LogP contribution in [0.25, 0.3) is 0 Å². The van der Waals surface area contributed by atoms with Gasteiger partial charge >= 0.3 is 0 Å². The molecule has 0 aliphatic heterocycles. The SMILES string of the molecule is COc1ccc(NCC(O)CO)cc1C(C)C. The summed E-state index contributed by atoms with van der Waals surface area (Å²) in [6.07, 6.45) is -0.736. The second kappa shape index (κ2) is 6.47. The van der Waals surface area contributed by atoms with Gasteiger partial charge in [-0.25, -0.2) is 0 Å². The average Bonchev–Trinajstić information content (AvgIpc) is 2.35. The summed E-state index contributed by atoms with van der Waals surface area (Å²) in [5, 5.41) is 21.1. The van der Waals surface area contributed by atoms with E-state index < -0.39 is 6.10 Å². The Hall–Kier alpha value is -1.26. The molecule has 1 rings (SSSR count). The molecule has 0 aliphatic carbocycles. The first-order chi connectivity index (χ1) is 8.08. The molecule has 0 fully saturated rings. The fourth-order valence-electron chi connectivity index (χ4n) is 1.60. The molecule has 1 aromatic rings. The predicted molar refractivity (Wildman–Crippen MR) is 68.7 cm³/mol. The summed E-state index contributed by atoms with van der Waals surface area (Å²) >= 11 is 0. The number of hydrogen-bond acceptors (Lipinski definition) is 4. The number of hydrogen-bond donors (Lipinski definition) is 3. The van der Waals surface area contributed by atoms with Gasteiger partial charge in [0.1, 0.15) is 5.75 Å². The molecular formula is C13H21NO3. The Bertz CT molecular complexity index is 353. The van der Waals surface area contributed by atoms with Crippen molar-refractivity contribution in [3.05, 3.63) is 23.8 Å². The third-order valence-electron chi connectivity index (χ3n) is 2.60. The van der Waals surface area contributed by atoms with E-state index in [-0.39, 0.29) is 6.61 Å². The lowest BCUT2D eigenvalue weighted by Crippen LogP contribution is -2.22. The van der Waals surface area contributed by atoms with E-state index in [1.54, 1.807) is 7.11 Å². The van der Waals surface area contributed by atoms with Crippen molar-refractivity contribution in [3.8, 4) is 5.75 Å². The second-order valence-electron chi connectivity index (χ2n) is 4.33. The highest BCUT2D eigenvalue weighted by molar-refractivity contribution is 5.52. The molecule has 0 saturated heterocycles. The number of ether oxygens (including phenoxy) is 1. The zero-order valence-electron chi connectivity index (χ0n) is 10.6. The molecule has 0 amide bonds. The molecule has 4 nitrogen and oxygen atoms in total. The second-order valence-corrected chi connectivity index (χ2v) is 4.33. The molecule has 0 saturated carbocycles. The van der Waals surface area contributed by atoms with Gasteiger partial charge < -0.3 is 20.3 Å². The maximum absolute atomic E-state index is 9.26. The first kappa shape index (κ1) is 13.8. The summed E-state index contributed by atoms with van der Waals surface area (Å²) in [7, 11) is 1.66. The van der Waals surface area contributed by atoms with E-state index in [2.05, 4.69) is 19.2 Å². The van der Waals surface area contributed by atoms with E-state index in [0.29, 0.717) is 12.5 Å². The molecule has 4 heteroatoms. The summed E-state index contributed by atoms with van der Waals surface area (Å²) in [5.41, 5.74) is 2.04. The average molecular weight is 239 g/mol. The third-order valence-corrected chi connectivity index (χ3v) is 2.60. The number of benzene rings is 1. The Labute approximate surface area is 102 Å². The monoisotopic (exact) mass is 239 g/mol. The van der Waals surface area contributed by atoms with Crippen LogP contribution in [0.4, 0.5) is 5.69 Å². The molecule has 0 bridgehead atoms. The number of methoxy groups -OCH3 is 1. The summed E-state index contributed by atoms with van der Waals surface area (Å²) < 4.78 is 5.29. The number of nitrogens with one attached hydrogen (secondary N) is 1. The van der Waals surface area contributed by atoms with E-state index in [9.17, 15) is 5.11 Å². The fourth-order valence-corrected chi connectivity index (χ4v) is 1.60. The van der Waals surface area contributed by atoms with Crippen LogP contribution >= 0.6 is 0 Å². The smallest absolute Gasteiger partial charge is 0.122 e. The highest BCUT2D eigenvalue weighted by Gasteiger charge is 2.09. The van der Waals surface area contributed by atoms with Gasteiger partial charge in [-0.05, 0) is 29.7 Å². The van der Waals surface area contributed by atoms with Crippen molar-refractivity contribution < 1.29 is 14.9 Å². The number of aliphatic hydroxyl groups is 2.